The van der Waals surface area contributed by atoms with Gasteiger partial charge in [0.25, 0.3) is 0 Å². The van der Waals surface area contributed by atoms with E-state index in [1.54, 1.807) is 0 Å². The van der Waals surface area contributed by atoms with E-state index >= 15 is 0 Å². The number of rotatable bonds is 6. The number of amides is 2. The first kappa shape index (κ1) is 18.2. The monoisotopic (exact) mass is 345 g/mol. The van der Waals surface area contributed by atoms with Crippen molar-refractivity contribution in [2.75, 3.05) is 32.8 Å². The molecule has 0 unspecified atom stereocenters. The predicted octanol–water partition coefficient (Wildman–Crippen LogP) is 2.90. The normalized spacial score (nSPS) is 20.4. The maximum absolute atomic E-state index is 12.2. The molecule has 0 bridgehead atoms. The second-order valence-corrected chi connectivity index (χ2v) is 7.71. The molecule has 2 N–H and O–H groups in total. The number of carbonyl (C=O) groups is 1. The van der Waals surface area contributed by atoms with Crippen LogP contribution in [-0.2, 0) is 17.8 Å². The molecule has 2 aliphatic rings. The predicted molar refractivity (Wildman–Crippen MR) is 99.4 cm³/mol. The maximum atomic E-state index is 12.2. The Morgan fingerprint density at radius 2 is 1.80 bits per heavy atom. The molecule has 2 fully saturated rings. The summed E-state index contributed by atoms with van der Waals surface area (Å²) in [6.45, 7) is 8.10. The number of ether oxygens (including phenoxy) is 1. The van der Waals surface area contributed by atoms with E-state index in [4.69, 9.17) is 4.74 Å². The lowest BCUT2D eigenvalue weighted by Crippen LogP contribution is -2.40. The van der Waals surface area contributed by atoms with Crippen LogP contribution in [0.3, 0.4) is 0 Å². The van der Waals surface area contributed by atoms with Crippen LogP contribution in [0.25, 0.3) is 0 Å². The lowest BCUT2D eigenvalue weighted by Gasteiger charge is -2.27. The molecule has 1 aliphatic carbocycles. The Labute approximate surface area is 151 Å². The molecule has 0 spiro atoms. The number of urea groups is 1. The quantitative estimate of drug-likeness (QED) is 0.833. The Balaban J connectivity index is 1.47. The fourth-order valence-corrected chi connectivity index (χ4v) is 3.82. The van der Waals surface area contributed by atoms with Crippen molar-refractivity contribution in [2.24, 2.45) is 5.41 Å². The minimum atomic E-state index is -0.0608. The molecule has 0 aromatic heterocycles. The van der Waals surface area contributed by atoms with Crippen molar-refractivity contribution in [3.63, 3.8) is 0 Å². The standard InChI is InChI=1S/C20H31N3O2/c1-20(8-4-5-9-20)16-22-19(24)21-14-17-6-2-3-7-18(17)15-23-10-12-25-13-11-23/h2-3,6-7H,4-5,8-16H2,1H3,(H2,21,22,24). The number of carbonyl (C=O) groups excluding carboxylic acids is 1. The molecule has 2 amide bonds. The molecule has 1 aromatic carbocycles. The number of hydrogen-bond donors (Lipinski definition) is 2. The van der Waals surface area contributed by atoms with Gasteiger partial charge in [0.05, 0.1) is 13.2 Å². The van der Waals surface area contributed by atoms with Crippen LogP contribution in [0.2, 0.25) is 0 Å². The first-order chi connectivity index (χ1) is 12.1. The Kier molecular flexibility index (Phi) is 6.32. The SMILES string of the molecule is CC1(CNC(=O)NCc2ccccc2CN2CCOCC2)CCCC1. The molecule has 5 heteroatoms. The van der Waals surface area contributed by atoms with E-state index in [2.05, 4.69) is 40.7 Å². The first-order valence-electron chi connectivity index (χ1n) is 9.53. The average Bonchev–Trinajstić information content (AvgIpc) is 3.07. The van der Waals surface area contributed by atoms with E-state index in [1.165, 1.54) is 36.8 Å². The highest BCUT2D eigenvalue weighted by Gasteiger charge is 2.28. The third-order valence-corrected chi connectivity index (χ3v) is 5.54. The smallest absolute Gasteiger partial charge is 0.315 e. The largest absolute Gasteiger partial charge is 0.379 e. The van der Waals surface area contributed by atoms with Gasteiger partial charge in [0.15, 0.2) is 0 Å². The van der Waals surface area contributed by atoms with Crippen molar-refractivity contribution in [2.45, 2.75) is 45.7 Å². The minimum absolute atomic E-state index is 0.0608. The van der Waals surface area contributed by atoms with Crippen molar-refractivity contribution in [1.82, 2.24) is 15.5 Å². The van der Waals surface area contributed by atoms with E-state index < -0.39 is 0 Å². The molecule has 1 heterocycles. The van der Waals surface area contributed by atoms with Crippen molar-refractivity contribution < 1.29 is 9.53 Å². The zero-order valence-electron chi connectivity index (χ0n) is 15.4. The lowest BCUT2D eigenvalue weighted by molar-refractivity contribution is 0.0341. The van der Waals surface area contributed by atoms with Gasteiger partial charge in [-0.25, -0.2) is 4.79 Å². The van der Waals surface area contributed by atoms with Gasteiger partial charge in [0.1, 0.15) is 0 Å². The molecular formula is C20H31N3O2. The number of benzene rings is 1. The van der Waals surface area contributed by atoms with Crippen LogP contribution in [0.15, 0.2) is 24.3 Å². The Morgan fingerprint density at radius 3 is 2.52 bits per heavy atom. The highest BCUT2D eigenvalue weighted by molar-refractivity contribution is 5.73. The van der Waals surface area contributed by atoms with Crippen molar-refractivity contribution in [3.8, 4) is 0 Å². The van der Waals surface area contributed by atoms with Crippen LogP contribution in [-0.4, -0.2) is 43.8 Å². The van der Waals surface area contributed by atoms with E-state index in [9.17, 15) is 4.79 Å². The van der Waals surface area contributed by atoms with Gasteiger partial charge in [0, 0.05) is 32.7 Å². The van der Waals surface area contributed by atoms with E-state index in [-0.39, 0.29) is 11.4 Å². The average molecular weight is 345 g/mol. The molecule has 1 saturated heterocycles. The minimum Gasteiger partial charge on any atom is -0.379 e. The molecule has 25 heavy (non-hydrogen) atoms. The summed E-state index contributed by atoms with van der Waals surface area (Å²) in [6.07, 6.45) is 5.01. The summed E-state index contributed by atoms with van der Waals surface area (Å²) in [4.78, 5) is 14.6. The molecular weight excluding hydrogens is 314 g/mol. The third-order valence-electron chi connectivity index (χ3n) is 5.54. The summed E-state index contributed by atoms with van der Waals surface area (Å²) < 4.78 is 5.42. The lowest BCUT2D eigenvalue weighted by atomic mass is 9.89. The van der Waals surface area contributed by atoms with Crippen LogP contribution < -0.4 is 10.6 Å². The van der Waals surface area contributed by atoms with Crippen molar-refractivity contribution in [3.05, 3.63) is 35.4 Å². The van der Waals surface area contributed by atoms with Crippen molar-refractivity contribution in [1.29, 1.82) is 0 Å². The highest BCUT2D eigenvalue weighted by atomic mass is 16.5. The van der Waals surface area contributed by atoms with Gasteiger partial charge in [0.2, 0.25) is 0 Å². The number of nitrogens with one attached hydrogen (secondary N) is 2. The van der Waals surface area contributed by atoms with Gasteiger partial charge in [-0.2, -0.15) is 0 Å². The van der Waals surface area contributed by atoms with E-state index in [0.717, 1.165) is 39.4 Å². The van der Waals surface area contributed by atoms with Crippen LogP contribution in [0.4, 0.5) is 4.79 Å². The third kappa shape index (κ3) is 5.44. The Morgan fingerprint density at radius 1 is 1.12 bits per heavy atom. The van der Waals surface area contributed by atoms with Crippen LogP contribution >= 0.6 is 0 Å². The van der Waals surface area contributed by atoms with E-state index in [0.29, 0.717) is 6.54 Å². The van der Waals surface area contributed by atoms with Gasteiger partial charge in [-0.1, -0.05) is 44.0 Å². The fourth-order valence-electron chi connectivity index (χ4n) is 3.82. The van der Waals surface area contributed by atoms with Crippen LogP contribution in [0, 0.1) is 5.41 Å². The molecule has 138 valence electrons. The van der Waals surface area contributed by atoms with Gasteiger partial charge in [-0.15, -0.1) is 0 Å². The van der Waals surface area contributed by atoms with Crippen LogP contribution in [0.1, 0.15) is 43.7 Å². The Bertz CT molecular complexity index is 564. The zero-order chi connectivity index (χ0) is 17.5. The Hall–Kier alpha value is -1.59. The second kappa shape index (κ2) is 8.68. The second-order valence-electron chi connectivity index (χ2n) is 7.71. The summed E-state index contributed by atoms with van der Waals surface area (Å²) in [5.41, 5.74) is 2.76. The topological polar surface area (TPSA) is 53.6 Å². The van der Waals surface area contributed by atoms with Crippen LogP contribution in [0.5, 0.6) is 0 Å². The number of nitrogens with zero attached hydrogens (tertiary/aromatic N) is 1. The molecule has 5 nitrogen and oxygen atoms in total. The fraction of sp³-hybridized carbons (Fsp3) is 0.650. The van der Waals surface area contributed by atoms with Gasteiger partial charge >= 0.3 is 6.03 Å². The van der Waals surface area contributed by atoms with Crippen molar-refractivity contribution >= 4 is 6.03 Å². The zero-order valence-corrected chi connectivity index (χ0v) is 15.4. The van der Waals surface area contributed by atoms with Gasteiger partial charge in [-0.05, 0) is 29.4 Å². The summed E-state index contributed by atoms with van der Waals surface area (Å²) in [5.74, 6) is 0. The summed E-state index contributed by atoms with van der Waals surface area (Å²) in [6, 6.07) is 8.31. The molecule has 0 atom stereocenters. The maximum Gasteiger partial charge on any atom is 0.315 e. The summed E-state index contributed by atoms with van der Waals surface area (Å²) in [7, 11) is 0. The highest BCUT2D eigenvalue weighted by Crippen LogP contribution is 2.36. The van der Waals surface area contributed by atoms with Gasteiger partial charge in [-0.3, -0.25) is 4.90 Å². The molecule has 0 radical (unpaired) electrons. The molecule has 3 rings (SSSR count). The molecule has 1 saturated carbocycles. The number of morpholine rings is 1. The number of hydrogen-bond acceptors (Lipinski definition) is 3. The first-order valence-corrected chi connectivity index (χ1v) is 9.53. The summed E-state index contributed by atoms with van der Waals surface area (Å²) in [5, 5.41) is 6.08. The summed E-state index contributed by atoms with van der Waals surface area (Å²) >= 11 is 0. The van der Waals surface area contributed by atoms with E-state index in [1.807, 2.05) is 6.07 Å². The molecule has 1 aliphatic heterocycles. The molecule has 1 aromatic rings. The van der Waals surface area contributed by atoms with Gasteiger partial charge < -0.3 is 15.4 Å².